The first-order chi connectivity index (χ1) is 45.7. The van der Waals surface area contributed by atoms with Crippen molar-refractivity contribution < 1.29 is 6.85 Å². The van der Waals surface area contributed by atoms with Crippen LogP contribution in [0.25, 0.3) is 155 Å². The van der Waals surface area contributed by atoms with E-state index in [4.69, 9.17) is 21.8 Å². The summed E-state index contributed by atoms with van der Waals surface area (Å²) in [4.78, 5) is 28.6. The van der Waals surface area contributed by atoms with Crippen LogP contribution in [0.4, 0.5) is 0 Å². The molecule has 4 heterocycles. The van der Waals surface area contributed by atoms with E-state index in [0.717, 1.165) is 99.7 Å². The van der Waals surface area contributed by atoms with E-state index in [1.54, 1.807) is 18.6 Å². The first kappa shape index (κ1) is 47.5. The minimum Gasteiger partial charge on any atom is -0.264 e. The Morgan fingerprint density at radius 2 is 0.636 bits per heavy atom. The molecular weight excluding hydrogens is 1070 g/mol. The molecule has 0 aliphatic heterocycles. The lowest BCUT2D eigenvalue weighted by molar-refractivity contribution is 1.18. The van der Waals surface area contributed by atoms with E-state index >= 15 is 0 Å². The molecule has 0 atom stereocenters. The lowest BCUT2D eigenvalue weighted by Crippen LogP contribution is -1.97. The Morgan fingerprint density at radius 1 is 0.239 bits per heavy atom. The van der Waals surface area contributed by atoms with Crippen LogP contribution in [0.2, 0.25) is 0 Å². The van der Waals surface area contributed by atoms with Gasteiger partial charge >= 0.3 is 0 Å². The monoisotopic (exact) mass is 1130 g/mol. The summed E-state index contributed by atoms with van der Waals surface area (Å²) >= 11 is 0. The van der Waals surface area contributed by atoms with Crippen LogP contribution < -0.4 is 0 Å². The summed E-state index contributed by atoms with van der Waals surface area (Å²) in [6.45, 7) is 0. The molecule has 16 aromatic rings. The van der Waals surface area contributed by atoms with E-state index in [9.17, 15) is 0 Å². The summed E-state index contributed by atoms with van der Waals surface area (Å²) in [5.41, 5.74) is 16.5. The fourth-order valence-corrected chi connectivity index (χ4v) is 11.9. The molecule has 0 spiro atoms. The molecule has 6 nitrogen and oxygen atoms in total. The molecule has 4 aromatic heterocycles. The van der Waals surface area contributed by atoms with Gasteiger partial charge in [-0.1, -0.05) is 249 Å². The molecule has 0 amide bonds. The lowest BCUT2D eigenvalue weighted by Gasteiger charge is -2.15. The molecule has 0 saturated carbocycles. The number of pyridine rings is 2. The highest BCUT2D eigenvalue weighted by molar-refractivity contribution is 6.13. The average molecular weight is 1130 g/mol. The molecule has 412 valence electrons. The van der Waals surface area contributed by atoms with Crippen LogP contribution in [0.3, 0.4) is 0 Å². The highest BCUT2D eigenvalue weighted by Gasteiger charge is 2.19. The van der Waals surface area contributed by atoms with E-state index in [-0.39, 0.29) is 23.5 Å². The van der Waals surface area contributed by atoms with Crippen molar-refractivity contribution in [2.24, 2.45) is 0 Å². The molecule has 16 rings (SSSR count). The zero-order valence-corrected chi connectivity index (χ0v) is 47.5. The average Bonchev–Trinajstić information content (AvgIpc) is 0.803. The van der Waals surface area contributed by atoms with Gasteiger partial charge in [0.1, 0.15) is 0 Å². The van der Waals surface area contributed by atoms with Crippen molar-refractivity contribution in [3.05, 3.63) is 328 Å². The van der Waals surface area contributed by atoms with Crippen LogP contribution >= 0.6 is 0 Å². The molecular formula is C82H54N6. The first-order valence-corrected chi connectivity index (χ1v) is 29.1. The molecule has 0 bridgehead atoms. The maximum absolute atomic E-state index is 8.55. The summed E-state index contributed by atoms with van der Waals surface area (Å²) in [6, 6.07) is 88.2. The van der Waals surface area contributed by atoms with Crippen LogP contribution in [0.5, 0.6) is 0 Å². The Labute approximate surface area is 517 Å². The summed E-state index contributed by atoms with van der Waals surface area (Å²) in [5, 5.41) is 9.45. The van der Waals surface area contributed by atoms with Crippen LogP contribution in [-0.2, 0) is 0 Å². The van der Waals surface area contributed by atoms with Crippen LogP contribution in [0.1, 0.15) is 6.85 Å². The van der Waals surface area contributed by atoms with Crippen molar-refractivity contribution in [1.82, 2.24) is 29.9 Å². The fraction of sp³-hybridized carbons (Fsp3) is 0. The topological polar surface area (TPSA) is 77.3 Å². The SMILES string of the molecule is [2H]c1c([2H])c([2H])c(-c2ncc(-c3cccc(-c4cccnc4)c3)c(-c3cccc(-c4cccc5ccccc45)c3)n2)c([2H])c1[2H].c1cncc(-c2cccc(-c3cnc(-c4cc5ccccc5c5ccccc45)nc3-c3cccc(-c4cccc5ccccc45)c3)c2)c1. The van der Waals surface area contributed by atoms with E-state index in [0.29, 0.717) is 11.5 Å². The molecule has 0 radical (unpaired) electrons. The maximum Gasteiger partial charge on any atom is 0.160 e. The molecule has 0 unspecified atom stereocenters. The Hall–Kier alpha value is -11.9. The second-order valence-corrected chi connectivity index (χ2v) is 21.5. The van der Waals surface area contributed by atoms with Gasteiger partial charge in [0.15, 0.2) is 11.6 Å². The van der Waals surface area contributed by atoms with Crippen molar-refractivity contribution in [2.75, 3.05) is 0 Å². The number of hydrogen-bond acceptors (Lipinski definition) is 6. The largest absolute Gasteiger partial charge is 0.264 e. The van der Waals surface area contributed by atoms with Gasteiger partial charge in [0.25, 0.3) is 0 Å². The minimum atomic E-state index is -0.458. The number of hydrogen-bond donors (Lipinski definition) is 0. The second-order valence-electron chi connectivity index (χ2n) is 21.5. The third-order valence-corrected chi connectivity index (χ3v) is 16.1. The number of fused-ring (bicyclic) bond motifs is 5. The Bertz CT molecular complexity index is 5510. The molecule has 0 N–H and O–H groups in total. The van der Waals surface area contributed by atoms with Gasteiger partial charge in [-0.2, -0.15) is 0 Å². The first-order valence-electron chi connectivity index (χ1n) is 31.6. The Morgan fingerprint density at radius 3 is 1.17 bits per heavy atom. The quantitative estimate of drug-likeness (QED) is 0.127. The molecule has 12 aromatic carbocycles. The molecule has 0 saturated heterocycles. The molecule has 6 heteroatoms. The van der Waals surface area contributed by atoms with E-state index in [1.807, 2.05) is 85.3 Å². The van der Waals surface area contributed by atoms with Gasteiger partial charge in [-0.15, -0.1) is 0 Å². The Kier molecular flexibility index (Phi) is 12.8. The van der Waals surface area contributed by atoms with Gasteiger partial charge in [0, 0.05) is 81.7 Å². The lowest BCUT2D eigenvalue weighted by atomic mass is 9.93. The molecule has 0 aliphatic rings. The summed E-state index contributed by atoms with van der Waals surface area (Å²) < 4.78 is 41.6. The standard InChI is InChI=1S/C45H29N3.C37H25N3/c1-3-19-37-30(11-1)13-9-23-38(37)32-15-8-17-35(26-32)44-43(33-16-7-14-31(25-33)36-18-10-24-46-28-36)29-47-45(48-44)42-27-34-12-2-4-20-39(34)40-21-5-6-22-41(40)42;1-2-11-27(12-3-1)37-39-25-35(30-16-6-14-28(22-30)32-18-9-21-38-24-32)36(40-37)31-17-7-15-29(23-31)34-20-8-13-26-10-4-5-19-33(26)34/h1-29H;1-25H/i;1D,2D,3D,11D,12D. The van der Waals surface area contributed by atoms with Crippen LogP contribution in [0.15, 0.2) is 328 Å². The van der Waals surface area contributed by atoms with Crippen molar-refractivity contribution in [3.8, 4) is 112 Å². The smallest absolute Gasteiger partial charge is 0.160 e. The zero-order chi connectivity index (χ0) is 62.9. The number of nitrogens with zero attached hydrogens (tertiary/aromatic N) is 6. The third-order valence-electron chi connectivity index (χ3n) is 16.1. The zero-order valence-electron chi connectivity index (χ0n) is 52.5. The maximum atomic E-state index is 8.55. The van der Waals surface area contributed by atoms with Crippen molar-refractivity contribution in [1.29, 1.82) is 0 Å². The van der Waals surface area contributed by atoms with Crippen molar-refractivity contribution in [2.45, 2.75) is 0 Å². The highest BCUT2D eigenvalue weighted by atomic mass is 14.9. The molecule has 0 fully saturated rings. The van der Waals surface area contributed by atoms with Crippen molar-refractivity contribution in [3.63, 3.8) is 0 Å². The van der Waals surface area contributed by atoms with E-state index in [1.165, 1.54) is 32.5 Å². The number of benzene rings is 12. The predicted octanol–water partition coefficient (Wildman–Crippen LogP) is 21.0. The van der Waals surface area contributed by atoms with E-state index < -0.39 is 18.1 Å². The third kappa shape index (κ3) is 10.5. The minimum absolute atomic E-state index is 0.0388. The number of rotatable bonds is 10. The Balaban J connectivity index is 0.000000154. The summed E-state index contributed by atoms with van der Waals surface area (Å²) in [5.74, 6) is 0.763. The van der Waals surface area contributed by atoms with Gasteiger partial charge < -0.3 is 0 Å². The van der Waals surface area contributed by atoms with Crippen molar-refractivity contribution >= 4 is 43.1 Å². The normalized spacial score (nSPS) is 12.0. The van der Waals surface area contributed by atoms with Gasteiger partial charge in [-0.25, -0.2) is 19.9 Å². The number of aromatic nitrogens is 6. The van der Waals surface area contributed by atoms with Crippen LogP contribution in [0, 0.1) is 0 Å². The van der Waals surface area contributed by atoms with Crippen LogP contribution in [-0.4, -0.2) is 29.9 Å². The summed E-state index contributed by atoms with van der Waals surface area (Å²) in [7, 11) is 0. The van der Waals surface area contributed by atoms with E-state index in [2.05, 4.69) is 209 Å². The van der Waals surface area contributed by atoms with Gasteiger partial charge in [-0.3, -0.25) is 9.97 Å². The predicted molar refractivity (Wildman–Crippen MR) is 364 cm³/mol. The highest BCUT2D eigenvalue weighted by Crippen LogP contribution is 2.41. The molecule has 0 aliphatic carbocycles. The molecule has 88 heavy (non-hydrogen) atoms. The van der Waals surface area contributed by atoms with Gasteiger partial charge in [-0.05, 0) is 130 Å². The summed E-state index contributed by atoms with van der Waals surface area (Å²) in [6.07, 6.45) is 10.9. The second kappa shape index (κ2) is 23.7. The van der Waals surface area contributed by atoms with Gasteiger partial charge in [0.2, 0.25) is 0 Å². The fourth-order valence-electron chi connectivity index (χ4n) is 11.9. The van der Waals surface area contributed by atoms with Gasteiger partial charge in [0.05, 0.1) is 18.2 Å².